The molecule has 1 aromatic heterocycles. The van der Waals surface area contributed by atoms with Crippen LogP contribution < -0.4 is 10.1 Å². The Labute approximate surface area is 186 Å². The Hall–Kier alpha value is -4.14. The van der Waals surface area contributed by atoms with Crippen molar-refractivity contribution in [3.05, 3.63) is 108 Å². The molecule has 4 rings (SSSR count). The molecule has 1 amide bonds. The molecule has 4 aromatic rings. The number of carbonyl (C=O) groups is 1. The molecule has 3 aromatic carbocycles. The molecular weight excluding hydrogens is 438 g/mol. The Morgan fingerprint density at radius 2 is 1.61 bits per heavy atom. The largest absolute Gasteiger partial charge is 0.485 e. The van der Waals surface area contributed by atoms with Gasteiger partial charge in [0, 0.05) is 5.69 Å². The lowest BCUT2D eigenvalue weighted by atomic mass is 10.2. The number of halogens is 4. The number of ether oxygens (including phenoxy) is 1. The zero-order valence-corrected chi connectivity index (χ0v) is 17.0. The van der Waals surface area contributed by atoms with Gasteiger partial charge in [0.15, 0.2) is 11.4 Å². The van der Waals surface area contributed by atoms with Crippen molar-refractivity contribution in [2.24, 2.45) is 0 Å². The molecule has 0 spiro atoms. The first kappa shape index (κ1) is 22.1. The summed E-state index contributed by atoms with van der Waals surface area (Å²) in [6.07, 6.45) is -2.99. The number of hydrogen-bond acceptors (Lipinski definition) is 3. The number of aromatic nitrogens is 2. The van der Waals surface area contributed by atoms with Crippen LogP contribution in [0.3, 0.4) is 0 Å². The molecule has 0 bridgehead atoms. The highest BCUT2D eigenvalue weighted by molar-refractivity contribution is 6.04. The van der Waals surface area contributed by atoms with Crippen LogP contribution in [0.25, 0.3) is 5.69 Å². The number of amides is 1. The molecular formula is C24H17F4N3O2. The van der Waals surface area contributed by atoms with Crippen LogP contribution >= 0.6 is 0 Å². The van der Waals surface area contributed by atoms with Gasteiger partial charge in [0.1, 0.15) is 12.4 Å². The van der Waals surface area contributed by atoms with Gasteiger partial charge in [0.25, 0.3) is 5.91 Å². The van der Waals surface area contributed by atoms with E-state index in [0.29, 0.717) is 5.69 Å². The molecule has 0 aliphatic rings. The van der Waals surface area contributed by atoms with Crippen LogP contribution in [0.15, 0.2) is 85.1 Å². The van der Waals surface area contributed by atoms with E-state index in [1.807, 2.05) is 30.3 Å². The topological polar surface area (TPSA) is 56.2 Å². The van der Waals surface area contributed by atoms with Crippen LogP contribution in [0.4, 0.5) is 23.2 Å². The highest BCUT2D eigenvalue weighted by Crippen LogP contribution is 2.30. The molecule has 0 unspecified atom stereocenters. The summed E-state index contributed by atoms with van der Waals surface area (Å²) in [6, 6.07) is 18.8. The molecule has 0 radical (unpaired) electrons. The maximum atomic E-state index is 13.3. The second-order valence-electron chi connectivity index (χ2n) is 7.07. The van der Waals surface area contributed by atoms with Gasteiger partial charge < -0.3 is 10.1 Å². The highest BCUT2D eigenvalue weighted by Gasteiger charge is 2.30. The number of rotatable bonds is 6. The van der Waals surface area contributed by atoms with E-state index in [1.54, 1.807) is 0 Å². The van der Waals surface area contributed by atoms with Crippen molar-refractivity contribution in [3.8, 4) is 11.4 Å². The number of nitrogens with zero attached hydrogens (tertiary/aromatic N) is 2. The lowest BCUT2D eigenvalue weighted by Crippen LogP contribution is -2.15. The minimum atomic E-state index is -4.48. The third-order valence-electron chi connectivity index (χ3n) is 4.69. The van der Waals surface area contributed by atoms with Gasteiger partial charge in [-0.05, 0) is 54.1 Å². The fraction of sp³-hybridized carbons (Fsp3) is 0.0833. The van der Waals surface area contributed by atoms with E-state index in [2.05, 4.69) is 10.4 Å². The van der Waals surface area contributed by atoms with E-state index in [-0.39, 0.29) is 23.7 Å². The highest BCUT2D eigenvalue weighted by atomic mass is 19.4. The summed E-state index contributed by atoms with van der Waals surface area (Å²) in [5.41, 5.74) is 0.622. The summed E-state index contributed by atoms with van der Waals surface area (Å²) in [4.78, 5) is 12.9. The fourth-order valence-electron chi connectivity index (χ4n) is 3.02. The van der Waals surface area contributed by atoms with Crippen LogP contribution in [0.5, 0.6) is 5.75 Å². The molecule has 0 aliphatic carbocycles. The first-order chi connectivity index (χ1) is 15.8. The van der Waals surface area contributed by atoms with Gasteiger partial charge in [0.2, 0.25) is 0 Å². The molecule has 0 saturated carbocycles. The fourth-order valence-corrected chi connectivity index (χ4v) is 3.02. The number of benzene rings is 3. The molecule has 5 nitrogen and oxygen atoms in total. The predicted octanol–water partition coefficient (Wildman–Crippen LogP) is 5.86. The summed E-state index contributed by atoms with van der Waals surface area (Å²) < 4.78 is 58.8. The van der Waals surface area contributed by atoms with E-state index >= 15 is 0 Å². The van der Waals surface area contributed by atoms with Crippen molar-refractivity contribution in [2.45, 2.75) is 12.8 Å². The van der Waals surface area contributed by atoms with E-state index < -0.39 is 23.5 Å². The minimum Gasteiger partial charge on any atom is -0.485 e. The third-order valence-corrected chi connectivity index (χ3v) is 4.69. The number of nitrogens with one attached hydrogen (secondary N) is 1. The second-order valence-corrected chi connectivity index (χ2v) is 7.07. The zero-order valence-electron chi connectivity index (χ0n) is 17.0. The van der Waals surface area contributed by atoms with E-state index in [9.17, 15) is 22.4 Å². The van der Waals surface area contributed by atoms with Gasteiger partial charge in [-0.25, -0.2) is 9.07 Å². The van der Waals surface area contributed by atoms with E-state index in [0.717, 1.165) is 29.8 Å². The SMILES string of the molecule is O=C(Nc1ccc(C(F)(F)F)cc1)c1nn(-c2ccc(F)cc2)cc1OCc1ccccc1. The van der Waals surface area contributed by atoms with Crippen molar-refractivity contribution in [2.75, 3.05) is 5.32 Å². The molecule has 1 heterocycles. The summed E-state index contributed by atoms with van der Waals surface area (Å²) in [6.45, 7) is 0.163. The quantitative estimate of drug-likeness (QED) is 0.371. The summed E-state index contributed by atoms with van der Waals surface area (Å²) in [5.74, 6) is -0.932. The predicted molar refractivity (Wildman–Crippen MR) is 114 cm³/mol. The van der Waals surface area contributed by atoms with Gasteiger partial charge in [-0.2, -0.15) is 18.3 Å². The van der Waals surface area contributed by atoms with Crippen molar-refractivity contribution >= 4 is 11.6 Å². The molecule has 9 heteroatoms. The van der Waals surface area contributed by atoms with Gasteiger partial charge in [0.05, 0.1) is 17.4 Å². The van der Waals surface area contributed by atoms with Gasteiger partial charge in [-0.1, -0.05) is 30.3 Å². The molecule has 0 atom stereocenters. The zero-order chi connectivity index (χ0) is 23.4. The lowest BCUT2D eigenvalue weighted by Gasteiger charge is -2.09. The first-order valence-corrected chi connectivity index (χ1v) is 9.80. The smallest absolute Gasteiger partial charge is 0.416 e. The van der Waals surface area contributed by atoms with E-state index in [1.165, 1.54) is 35.1 Å². The summed E-state index contributed by atoms with van der Waals surface area (Å²) in [5, 5.41) is 6.78. The number of alkyl halides is 3. The van der Waals surface area contributed by atoms with Crippen LogP contribution in [0.2, 0.25) is 0 Å². The second kappa shape index (κ2) is 9.15. The molecule has 33 heavy (non-hydrogen) atoms. The Morgan fingerprint density at radius 1 is 0.939 bits per heavy atom. The average Bonchev–Trinajstić information content (AvgIpc) is 3.23. The van der Waals surface area contributed by atoms with Crippen LogP contribution in [0.1, 0.15) is 21.6 Å². The van der Waals surface area contributed by atoms with Crippen molar-refractivity contribution in [3.63, 3.8) is 0 Å². The van der Waals surface area contributed by atoms with E-state index in [4.69, 9.17) is 4.74 Å². The van der Waals surface area contributed by atoms with Gasteiger partial charge in [-0.15, -0.1) is 0 Å². The normalized spacial score (nSPS) is 11.3. The minimum absolute atomic E-state index is 0.0739. The van der Waals surface area contributed by atoms with Gasteiger partial charge >= 0.3 is 6.18 Å². The third kappa shape index (κ3) is 5.38. The molecule has 0 fully saturated rings. The summed E-state index contributed by atoms with van der Waals surface area (Å²) >= 11 is 0. The Balaban J connectivity index is 1.60. The van der Waals surface area contributed by atoms with Crippen LogP contribution in [0, 0.1) is 5.82 Å². The van der Waals surface area contributed by atoms with Crippen molar-refractivity contribution in [1.82, 2.24) is 9.78 Å². The first-order valence-electron chi connectivity index (χ1n) is 9.80. The molecule has 168 valence electrons. The maximum absolute atomic E-state index is 13.3. The van der Waals surface area contributed by atoms with Crippen molar-refractivity contribution < 1.29 is 27.1 Å². The number of carbonyl (C=O) groups excluding carboxylic acids is 1. The maximum Gasteiger partial charge on any atom is 0.416 e. The standard InChI is InChI=1S/C24H17F4N3O2/c25-18-8-12-20(13-9-18)31-14-21(33-15-16-4-2-1-3-5-16)22(30-31)23(32)29-19-10-6-17(7-11-19)24(26,27)28/h1-14H,15H2,(H,29,32). The number of hydrogen-bond donors (Lipinski definition) is 1. The van der Waals surface area contributed by atoms with Gasteiger partial charge in [-0.3, -0.25) is 4.79 Å². The van der Waals surface area contributed by atoms with Crippen LogP contribution in [-0.2, 0) is 12.8 Å². The molecule has 0 aliphatic heterocycles. The lowest BCUT2D eigenvalue weighted by molar-refractivity contribution is -0.137. The van der Waals surface area contributed by atoms with Crippen LogP contribution in [-0.4, -0.2) is 15.7 Å². The Morgan fingerprint density at radius 3 is 2.24 bits per heavy atom. The van der Waals surface area contributed by atoms with Crippen molar-refractivity contribution in [1.29, 1.82) is 0 Å². The average molecular weight is 455 g/mol. The number of anilines is 1. The Kier molecular flexibility index (Phi) is 6.12. The molecule has 1 N–H and O–H groups in total. The monoisotopic (exact) mass is 455 g/mol. The Bertz CT molecular complexity index is 1240. The molecule has 0 saturated heterocycles. The summed E-state index contributed by atoms with van der Waals surface area (Å²) in [7, 11) is 0.